The first kappa shape index (κ1) is 13.7. The van der Waals surface area contributed by atoms with Gasteiger partial charge in [-0.1, -0.05) is 0 Å². The van der Waals surface area contributed by atoms with E-state index in [1.54, 1.807) is 0 Å². The topological polar surface area (TPSA) is 78.3 Å². The van der Waals surface area contributed by atoms with Gasteiger partial charge in [0.15, 0.2) is 0 Å². The fourth-order valence-electron chi connectivity index (χ4n) is 2.37. The van der Waals surface area contributed by atoms with E-state index < -0.39 is 23.1 Å². The fourth-order valence-corrected chi connectivity index (χ4v) is 2.37. The van der Waals surface area contributed by atoms with Crippen LogP contribution in [0.2, 0.25) is 0 Å². The van der Waals surface area contributed by atoms with Gasteiger partial charge in [0.25, 0.3) is 0 Å². The van der Waals surface area contributed by atoms with E-state index in [1.165, 1.54) is 0 Å². The van der Waals surface area contributed by atoms with Crippen LogP contribution in [0.15, 0.2) is 18.2 Å². The van der Waals surface area contributed by atoms with Gasteiger partial charge in [0, 0.05) is 24.6 Å². The third-order valence-corrected chi connectivity index (χ3v) is 3.37. The van der Waals surface area contributed by atoms with Crippen molar-refractivity contribution < 1.29 is 18.3 Å². The molecule has 0 aliphatic heterocycles. The van der Waals surface area contributed by atoms with Gasteiger partial charge in [-0.05, 0) is 19.3 Å². The Morgan fingerprint density at radius 1 is 1.32 bits per heavy atom. The zero-order chi connectivity index (χ0) is 14.0. The van der Waals surface area contributed by atoms with E-state index >= 15 is 0 Å². The van der Waals surface area contributed by atoms with E-state index in [2.05, 4.69) is 0 Å². The van der Waals surface area contributed by atoms with Crippen molar-refractivity contribution in [3.63, 3.8) is 0 Å². The van der Waals surface area contributed by atoms with Crippen LogP contribution in [0.1, 0.15) is 25.7 Å². The van der Waals surface area contributed by atoms with Crippen LogP contribution in [0.3, 0.4) is 0 Å². The summed E-state index contributed by atoms with van der Waals surface area (Å²) in [6.07, 6.45) is 1.74. The van der Waals surface area contributed by atoms with Crippen LogP contribution in [-0.4, -0.2) is 17.6 Å². The van der Waals surface area contributed by atoms with Gasteiger partial charge in [-0.2, -0.15) is 0 Å². The number of benzene rings is 1. The van der Waals surface area contributed by atoms with Crippen molar-refractivity contribution in [2.75, 3.05) is 0 Å². The van der Waals surface area contributed by atoms with Gasteiger partial charge >= 0.3 is 0 Å². The molecule has 0 spiro atoms. The van der Waals surface area contributed by atoms with Crippen molar-refractivity contribution >= 4 is 5.91 Å². The third-order valence-electron chi connectivity index (χ3n) is 3.37. The van der Waals surface area contributed by atoms with Crippen molar-refractivity contribution in [2.45, 2.75) is 37.3 Å². The summed E-state index contributed by atoms with van der Waals surface area (Å²) in [5.74, 6) is -1.90. The maximum atomic E-state index is 13.0. The third kappa shape index (κ3) is 3.20. The first-order valence-electron chi connectivity index (χ1n) is 6.10. The highest BCUT2D eigenvalue weighted by Crippen LogP contribution is 2.29. The summed E-state index contributed by atoms with van der Waals surface area (Å²) in [6, 6.07) is 2.96. The van der Waals surface area contributed by atoms with E-state index in [1.807, 2.05) is 0 Å². The summed E-state index contributed by atoms with van der Waals surface area (Å²) in [5, 5.41) is 0. The molecule has 0 aromatic heterocycles. The van der Waals surface area contributed by atoms with Gasteiger partial charge in [0.1, 0.15) is 23.5 Å². The molecule has 1 fully saturated rings. The molecule has 0 radical (unpaired) electrons. The summed E-state index contributed by atoms with van der Waals surface area (Å²) >= 11 is 0. The molecule has 1 aliphatic carbocycles. The van der Waals surface area contributed by atoms with Crippen LogP contribution in [-0.2, 0) is 4.79 Å². The second-order valence-electron chi connectivity index (χ2n) is 4.96. The molecule has 0 heterocycles. The molecule has 1 aromatic rings. The standard InChI is InChI=1S/C13H16F2N2O2/c14-8-4-9(15)6-11(5-8)19-10-2-1-3-13(17,7-10)12(16)18/h4-6,10H,1-3,7,17H2,(H2,16,18). The Kier molecular flexibility index (Phi) is 3.71. The Hall–Kier alpha value is -1.69. The Bertz CT molecular complexity index is 475. The van der Waals surface area contributed by atoms with Gasteiger partial charge < -0.3 is 16.2 Å². The van der Waals surface area contributed by atoms with Crippen LogP contribution in [0, 0.1) is 11.6 Å². The number of rotatable bonds is 3. The molecule has 6 heteroatoms. The maximum Gasteiger partial charge on any atom is 0.237 e. The summed E-state index contributed by atoms with van der Waals surface area (Å²) in [7, 11) is 0. The number of nitrogens with two attached hydrogens (primary N) is 2. The summed E-state index contributed by atoms with van der Waals surface area (Å²) in [6.45, 7) is 0. The predicted octanol–water partition coefficient (Wildman–Crippen LogP) is 1.47. The van der Waals surface area contributed by atoms with E-state index in [4.69, 9.17) is 16.2 Å². The van der Waals surface area contributed by atoms with Crippen LogP contribution in [0.4, 0.5) is 8.78 Å². The van der Waals surface area contributed by atoms with E-state index in [0.717, 1.165) is 18.2 Å². The van der Waals surface area contributed by atoms with Crippen molar-refractivity contribution in [3.8, 4) is 5.75 Å². The average Bonchev–Trinajstić information content (AvgIpc) is 2.27. The molecule has 4 N–H and O–H groups in total. The molecule has 0 bridgehead atoms. The molecule has 2 rings (SSSR count). The van der Waals surface area contributed by atoms with Crippen LogP contribution >= 0.6 is 0 Å². The number of hydrogen-bond donors (Lipinski definition) is 2. The zero-order valence-electron chi connectivity index (χ0n) is 10.4. The minimum absolute atomic E-state index is 0.0937. The van der Waals surface area contributed by atoms with Crippen LogP contribution in [0.25, 0.3) is 0 Å². The highest BCUT2D eigenvalue weighted by atomic mass is 19.1. The molecule has 1 saturated carbocycles. The average molecular weight is 270 g/mol. The molecule has 1 aromatic carbocycles. The van der Waals surface area contributed by atoms with Crippen LogP contribution in [0.5, 0.6) is 5.75 Å². The number of primary amides is 1. The lowest BCUT2D eigenvalue weighted by Crippen LogP contribution is -2.56. The Morgan fingerprint density at radius 3 is 2.53 bits per heavy atom. The number of hydrogen-bond acceptors (Lipinski definition) is 3. The first-order valence-corrected chi connectivity index (χ1v) is 6.10. The number of amides is 1. The van der Waals surface area contributed by atoms with Crippen molar-refractivity contribution in [1.82, 2.24) is 0 Å². The van der Waals surface area contributed by atoms with Gasteiger partial charge in [0.05, 0.1) is 5.54 Å². The number of ether oxygens (including phenoxy) is 1. The van der Waals surface area contributed by atoms with Gasteiger partial charge in [-0.15, -0.1) is 0 Å². The number of carbonyl (C=O) groups is 1. The number of carbonyl (C=O) groups excluding carboxylic acids is 1. The second kappa shape index (κ2) is 5.13. The maximum absolute atomic E-state index is 13.0. The SMILES string of the molecule is NC(=O)C1(N)CCCC(Oc2cc(F)cc(F)c2)C1. The first-order chi connectivity index (χ1) is 8.89. The molecule has 4 nitrogen and oxygen atoms in total. The van der Waals surface area contributed by atoms with E-state index in [9.17, 15) is 13.6 Å². The van der Waals surface area contributed by atoms with E-state index in [0.29, 0.717) is 19.3 Å². The Morgan fingerprint density at radius 2 is 1.95 bits per heavy atom. The van der Waals surface area contributed by atoms with Gasteiger partial charge in [-0.25, -0.2) is 8.78 Å². The van der Waals surface area contributed by atoms with Gasteiger partial charge in [-0.3, -0.25) is 4.79 Å². The van der Waals surface area contributed by atoms with Crippen LogP contribution < -0.4 is 16.2 Å². The molecule has 2 atom stereocenters. The molecular formula is C13H16F2N2O2. The zero-order valence-corrected chi connectivity index (χ0v) is 10.4. The Labute approximate surface area is 109 Å². The minimum Gasteiger partial charge on any atom is -0.490 e. The largest absolute Gasteiger partial charge is 0.490 e. The molecule has 104 valence electrons. The van der Waals surface area contributed by atoms with Crippen molar-refractivity contribution in [1.29, 1.82) is 0 Å². The molecule has 1 aliphatic rings. The lowest BCUT2D eigenvalue weighted by atomic mass is 9.80. The second-order valence-corrected chi connectivity index (χ2v) is 4.96. The van der Waals surface area contributed by atoms with E-state index in [-0.39, 0.29) is 18.3 Å². The van der Waals surface area contributed by atoms with Crippen molar-refractivity contribution in [3.05, 3.63) is 29.8 Å². The quantitative estimate of drug-likeness (QED) is 0.873. The lowest BCUT2D eigenvalue weighted by Gasteiger charge is -2.35. The van der Waals surface area contributed by atoms with Gasteiger partial charge in [0.2, 0.25) is 5.91 Å². The molecule has 19 heavy (non-hydrogen) atoms. The monoisotopic (exact) mass is 270 g/mol. The predicted molar refractivity (Wildman–Crippen MR) is 65.4 cm³/mol. The molecular weight excluding hydrogens is 254 g/mol. The normalized spacial score (nSPS) is 27.0. The smallest absolute Gasteiger partial charge is 0.237 e. The van der Waals surface area contributed by atoms with Crippen molar-refractivity contribution in [2.24, 2.45) is 11.5 Å². The highest BCUT2D eigenvalue weighted by molar-refractivity contribution is 5.84. The highest BCUT2D eigenvalue weighted by Gasteiger charge is 2.38. The summed E-state index contributed by atoms with van der Waals surface area (Å²) in [4.78, 5) is 11.3. The molecule has 1 amide bonds. The summed E-state index contributed by atoms with van der Waals surface area (Å²) < 4.78 is 31.6. The summed E-state index contributed by atoms with van der Waals surface area (Å²) in [5.41, 5.74) is 10.1. The minimum atomic E-state index is -1.10. The Balaban J connectivity index is 2.08. The molecule has 2 unspecified atom stereocenters. The lowest BCUT2D eigenvalue weighted by molar-refractivity contribution is -0.125. The number of halogens is 2. The molecule has 0 saturated heterocycles. The fraction of sp³-hybridized carbons (Fsp3) is 0.462.